The van der Waals surface area contributed by atoms with Gasteiger partial charge in [-0.05, 0) is 148 Å². The van der Waals surface area contributed by atoms with Crippen molar-refractivity contribution in [2.75, 3.05) is 0 Å². The molecule has 0 unspecified atom stereocenters. The van der Waals surface area contributed by atoms with E-state index < -0.39 is 0 Å². The number of allylic oxidation sites excluding steroid dienone is 1. The van der Waals surface area contributed by atoms with E-state index in [0.717, 1.165) is 6.42 Å². The van der Waals surface area contributed by atoms with Crippen molar-refractivity contribution in [3.8, 4) is 0 Å². The molecule has 0 N–H and O–H groups in total. The summed E-state index contributed by atoms with van der Waals surface area (Å²) < 4.78 is 7.47. The molecule has 0 atom stereocenters. The van der Waals surface area contributed by atoms with Crippen molar-refractivity contribution >= 4 is 130 Å². The number of nitrogens with zero attached hydrogens (tertiary/aromatic N) is 1. The summed E-state index contributed by atoms with van der Waals surface area (Å²) in [5, 5.41) is 8.28. The second-order valence-corrected chi connectivity index (χ2v) is 15.0. The third kappa shape index (κ3) is 17.7. The number of thiol groups is 1. The predicted octanol–water partition coefficient (Wildman–Crippen LogP) is 11.9. The first-order valence-electron chi connectivity index (χ1n) is 9.12. The molecule has 0 saturated carbocycles. The van der Waals surface area contributed by atoms with Gasteiger partial charge in [0.2, 0.25) is 0 Å². The van der Waals surface area contributed by atoms with Crippen LogP contribution < -0.4 is 0 Å². The zero-order valence-corrected chi connectivity index (χ0v) is 28.7. The van der Waals surface area contributed by atoms with Crippen LogP contribution >= 0.6 is 122 Å². The third-order valence-electron chi connectivity index (χ3n) is 3.30. The molecule has 1 radical (unpaired) electrons. The van der Waals surface area contributed by atoms with Gasteiger partial charge in [0.15, 0.2) is 0 Å². The van der Waals surface area contributed by atoms with Gasteiger partial charge in [0, 0.05) is 14.7 Å². The molecule has 11 heteroatoms. The zero-order chi connectivity index (χ0) is 25.2. The van der Waals surface area contributed by atoms with Gasteiger partial charge in [-0.1, -0.05) is 6.08 Å². The van der Waals surface area contributed by atoms with E-state index in [-0.39, 0.29) is 0 Å². The summed E-state index contributed by atoms with van der Waals surface area (Å²) in [6.07, 6.45) is 2.92. The quantitative estimate of drug-likeness (QED) is 0.118. The van der Waals surface area contributed by atoms with Crippen LogP contribution in [0.3, 0.4) is 0 Å². The second kappa shape index (κ2) is 20.8. The Bertz CT molecular complexity index is 976. The van der Waals surface area contributed by atoms with Gasteiger partial charge >= 0.3 is 24.8 Å². The van der Waals surface area contributed by atoms with Crippen molar-refractivity contribution in [2.45, 2.75) is 27.2 Å². The van der Waals surface area contributed by atoms with Crippen molar-refractivity contribution in [3.05, 3.63) is 95.8 Å². The molecule has 177 valence electrons. The molecule has 33 heavy (non-hydrogen) atoms. The molecule has 1 nitrogen and oxygen atoms in total. The van der Waals surface area contributed by atoms with E-state index in [4.69, 9.17) is 0 Å². The number of hydrogen-bond acceptors (Lipinski definition) is 6. The van der Waals surface area contributed by atoms with Crippen LogP contribution in [0, 0.1) is 20.8 Å². The second-order valence-electron chi connectivity index (χ2n) is 6.01. The van der Waals surface area contributed by atoms with Crippen molar-refractivity contribution < 1.29 is 0 Å². The molecule has 0 aliphatic heterocycles. The Morgan fingerprint density at radius 2 is 1.48 bits per heavy atom. The first-order valence-corrected chi connectivity index (χ1v) is 16.2. The van der Waals surface area contributed by atoms with Gasteiger partial charge in [0.25, 0.3) is 0 Å². The summed E-state index contributed by atoms with van der Waals surface area (Å²) in [5.41, 5.74) is 4.01. The Balaban J connectivity index is 0.000000405. The van der Waals surface area contributed by atoms with Crippen LogP contribution in [0.2, 0.25) is 0 Å². The van der Waals surface area contributed by atoms with E-state index in [0.29, 0.717) is 0 Å². The molecule has 0 saturated heterocycles. The molecule has 0 bridgehead atoms. The molecule has 0 aromatic carbocycles. The molecular weight excluding hydrogens is 769 g/mol. The number of thiophene rings is 4. The number of rotatable bonds is 2. The summed E-state index contributed by atoms with van der Waals surface area (Å²) in [7, 11) is 4.34. The number of aryl methyl sites for hydroxylation is 3. The topological polar surface area (TPSA) is 12.4 Å². The summed E-state index contributed by atoms with van der Waals surface area (Å²) in [5.74, 6) is 0. The molecule has 4 rings (SSSR count). The van der Waals surface area contributed by atoms with Crippen molar-refractivity contribution in [1.29, 1.82) is 0 Å². The number of halogens is 4. The molecule has 0 aliphatic carbocycles. The van der Waals surface area contributed by atoms with E-state index >= 15 is 0 Å². The van der Waals surface area contributed by atoms with E-state index in [1.165, 1.54) is 37.4 Å². The van der Waals surface area contributed by atoms with Gasteiger partial charge in [-0.2, -0.15) is 22.7 Å². The van der Waals surface area contributed by atoms with Crippen LogP contribution in [0.4, 0.5) is 0 Å². The van der Waals surface area contributed by atoms with Gasteiger partial charge in [0.1, 0.15) is 0 Å². The first-order chi connectivity index (χ1) is 15.6. The van der Waals surface area contributed by atoms with E-state index in [9.17, 15) is 0 Å². The van der Waals surface area contributed by atoms with Crippen LogP contribution in [-0.2, 0) is 6.42 Å². The Morgan fingerprint density at radius 3 is 1.70 bits per heavy atom. The van der Waals surface area contributed by atoms with E-state index in [2.05, 4.69) is 145 Å². The van der Waals surface area contributed by atoms with Crippen molar-refractivity contribution in [1.82, 2.24) is 0 Å². The average Bonchev–Trinajstić information content (AvgIpc) is 3.52. The Hall–Kier alpha value is 0.675. The van der Waals surface area contributed by atoms with Gasteiger partial charge in [-0.25, -0.2) is 0 Å². The number of hydrogen-bond donors (Lipinski definition) is 1. The molecule has 4 heterocycles. The maximum atomic E-state index is 4.34. The van der Waals surface area contributed by atoms with Crippen molar-refractivity contribution in [3.63, 3.8) is 0 Å². The van der Waals surface area contributed by atoms with Crippen LogP contribution in [0.5, 0.6) is 0 Å². The Labute approximate surface area is 253 Å². The SMILES string of the molecule is Brc1ccsc1.C=CCc1sc(Br)cc1C.Cc1cc(Br)sc1Br.Cc1ccsc1.[B]=NS. The summed E-state index contributed by atoms with van der Waals surface area (Å²) >= 11 is 23.6. The molecule has 0 aliphatic rings. The van der Waals surface area contributed by atoms with Crippen LogP contribution in [0.15, 0.2) is 78.6 Å². The van der Waals surface area contributed by atoms with Gasteiger partial charge in [-0.3, -0.25) is 0 Å². The normalized spacial score (nSPS) is 8.94. The Morgan fingerprint density at radius 1 is 0.939 bits per heavy atom. The standard InChI is InChI=1S/C8H9BrS.C5H4Br2S.C5H6S.C4H3BrS.BHNS/c1-3-4-7-6(2)5-8(9)10-7;1-3-2-4(6)8-5(3)7;1-5-2-3-6-4-5;5-4-1-2-6-3-4;1-2-3/h3,5H,1,4H2,2H3;2H,1H3;2-4H,1H3;1-3H;3H. The fraction of sp³-hybridized carbons (Fsp3) is 0.182. The monoisotopic (exact) mass is 788 g/mol. The van der Waals surface area contributed by atoms with Crippen molar-refractivity contribution in [2.24, 2.45) is 4.30 Å². The molecule has 0 spiro atoms. The predicted molar refractivity (Wildman–Crippen MR) is 173 cm³/mol. The average molecular weight is 792 g/mol. The fourth-order valence-corrected chi connectivity index (χ4v) is 8.19. The van der Waals surface area contributed by atoms with Crippen LogP contribution in [0.1, 0.15) is 21.6 Å². The molecular formula is C22H23BBr4NS5. The summed E-state index contributed by atoms with van der Waals surface area (Å²) in [6, 6.07) is 8.35. The third-order valence-corrected chi connectivity index (χ3v) is 9.98. The zero-order valence-electron chi connectivity index (χ0n) is 18.2. The Kier molecular flexibility index (Phi) is 21.3. The minimum absolute atomic E-state index is 0.988. The van der Waals surface area contributed by atoms with Gasteiger partial charge < -0.3 is 0 Å². The molecule has 4 aromatic rings. The van der Waals surface area contributed by atoms with Crippen LogP contribution in [-0.4, -0.2) is 7.64 Å². The first kappa shape index (κ1) is 33.7. The fourth-order valence-electron chi connectivity index (χ4n) is 1.81. The van der Waals surface area contributed by atoms with Gasteiger partial charge in [0.05, 0.1) is 11.4 Å². The van der Waals surface area contributed by atoms with E-state index in [1.807, 2.05) is 22.9 Å². The van der Waals surface area contributed by atoms with E-state index in [1.54, 1.807) is 45.3 Å². The molecule has 0 amide bonds. The minimum atomic E-state index is 0.988. The van der Waals surface area contributed by atoms with Crippen LogP contribution in [0.25, 0.3) is 0 Å². The molecule has 0 fully saturated rings. The van der Waals surface area contributed by atoms with Gasteiger partial charge in [-0.15, -0.1) is 29.3 Å². The maximum absolute atomic E-state index is 4.34. The summed E-state index contributed by atoms with van der Waals surface area (Å²) in [4.78, 5) is 1.40. The molecule has 4 aromatic heterocycles. The summed E-state index contributed by atoms with van der Waals surface area (Å²) in [6.45, 7) is 9.99.